The normalized spacial score (nSPS) is 19.0. The van der Waals surface area contributed by atoms with Crippen LogP contribution in [0.3, 0.4) is 0 Å². The standard InChI is InChI=1S/C21H40N4O2/c1-7-10-24(11-8-2)20(18(3)4)15-23-21(22-5)25-12-9-19(16-25)17-27-14-13-26-6/h7-8,18-20H,1-2,9-17H2,3-6H3,(H,22,23). The Morgan fingerprint density at radius 2 is 2.00 bits per heavy atom. The molecule has 1 saturated heterocycles. The summed E-state index contributed by atoms with van der Waals surface area (Å²) in [6, 6.07) is 0.397. The molecule has 6 heteroatoms. The number of likely N-dealkylation sites (tertiary alicyclic amines) is 1. The van der Waals surface area contributed by atoms with Gasteiger partial charge in [0.05, 0.1) is 19.8 Å². The minimum Gasteiger partial charge on any atom is -0.382 e. The van der Waals surface area contributed by atoms with E-state index in [1.54, 1.807) is 7.11 Å². The molecule has 0 saturated carbocycles. The lowest BCUT2D eigenvalue weighted by Gasteiger charge is -2.34. The number of aliphatic imine (C=N–C) groups is 1. The van der Waals surface area contributed by atoms with E-state index in [0.717, 1.165) is 51.7 Å². The van der Waals surface area contributed by atoms with Gasteiger partial charge in [-0.25, -0.2) is 0 Å². The van der Waals surface area contributed by atoms with Crippen molar-refractivity contribution in [2.75, 3.05) is 66.7 Å². The first-order valence-electron chi connectivity index (χ1n) is 10.0. The van der Waals surface area contributed by atoms with Crippen LogP contribution in [0.25, 0.3) is 0 Å². The number of nitrogens with one attached hydrogen (secondary N) is 1. The van der Waals surface area contributed by atoms with Crippen LogP contribution in [0.1, 0.15) is 20.3 Å². The molecule has 1 aliphatic heterocycles. The van der Waals surface area contributed by atoms with Gasteiger partial charge in [-0.3, -0.25) is 9.89 Å². The maximum atomic E-state index is 5.70. The molecule has 1 N–H and O–H groups in total. The number of rotatable bonds is 13. The second kappa shape index (κ2) is 13.7. The molecular weight excluding hydrogens is 340 g/mol. The molecule has 0 aliphatic carbocycles. The Balaban J connectivity index is 2.54. The van der Waals surface area contributed by atoms with E-state index in [0.29, 0.717) is 31.1 Å². The minimum atomic E-state index is 0.397. The molecule has 27 heavy (non-hydrogen) atoms. The minimum absolute atomic E-state index is 0.397. The highest BCUT2D eigenvalue weighted by atomic mass is 16.5. The van der Waals surface area contributed by atoms with Gasteiger partial charge in [0.1, 0.15) is 0 Å². The molecule has 0 aromatic heterocycles. The molecule has 1 aliphatic rings. The summed E-state index contributed by atoms with van der Waals surface area (Å²) >= 11 is 0. The molecule has 0 spiro atoms. The Morgan fingerprint density at radius 3 is 2.56 bits per heavy atom. The van der Waals surface area contributed by atoms with E-state index in [-0.39, 0.29) is 0 Å². The van der Waals surface area contributed by atoms with Crippen molar-refractivity contribution in [3.8, 4) is 0 Å². The second-order valence-corrected chi connectivity index (χ2v) is 7.44. The van der Waals surface area contributed by atoms with E-state index in [9.17, 15) is 0 Å². The van der Waals surface area contributed by atoms with E-state index in [1.807, 2.05) is 19.2 Å². The molecule has 1 rings (SSSR count). The summed E-state index contributed by atoms with van der Waals surface area (Å²) < 4.78 is 10.7. The number of hydrogen-bond acceptors (Lipinski definition) is 4. The predicted molar refractivity (Wildman–Crippen MR) is 114 cm³/mol. The lowest BCUT2D eigenvalue weighted by molar-refractivity contribution is 0.0536. The third-order valence-electron chi connectivity index (χ3n) is 5.02. The topological polar surface area (TPSA) is 49.3 Å². The van der Waals surface area contributed by atoms with Crippen LogP contribution in [-0.4, -0.2) is 88.5 Å². The first-order valence-corrected chi connectivity index (χ1v) is 10.0. The third kappa shape index (κ3) is 8.45. The Bertz CT molecular complexity index is 443. The van der Waals surface area contributed by atoms with Crippen LogP contribution in [0.2, 0.25) is 0 Å². The van der Waals surface area contributed by atoms with Crippen LogP contribution in [0, 0.1) is 11.8 Å². The summed E-state index contributed by atoms with van der Waals surface area (Å²) in [6.07, 6.45) is 5.06. The Morgan fingerprint density at radius 1 is 1.30 bits per heavy atom. The fourth-order valence-corrected chi connectivity index (χ4v) is 3.54. The number of hydrogen-bond donors (Lipinski definition) is 1. The first kappa shape index (κ1) is 23.7. The van der Waals surface area contributed by atoms with E-state index in [2.05, 4.69) is 47.1 Å². The molecule has 1 fully saturated rings. The van der Waals surface area contributed by atoms with Gasteiger partial charge >= 0.3 is 0 Å². The highest BCUT2D eigenvalue weighted by Crippen LogP contribution is 2.17. The van der Waals surface area contributed by atoms with Crippen molar-refractivity contribution in [1.82, 2.24) is 15.1 Å². The number of ether oxygens (including phenoxy) is 2. The predicted octanol–water partition coefficient (Wildman–Crippen LogP) is 2.25. The molecule has 0 aromatic rings. The molecule has 0 bridgehead atoms. The van der Waals surface area contributed by atoms with Crippen molar-refractivity contribution in [2.24, 2.45) is 16.8 Å². The van der Waals surface area contributed by atoms with Crippen molar-refractivity contribution in [2.45, 2.75) is 26.3 Å². The van der Waals surface area contributed by atoms with Gasteiger partial charge in [0.15, 0.2) is 5.96 Å². The van der Waals surface area contributed by atoms with Gasteiger partial charge in [-0.2, -0.15) is 0 Å². The summed E-state index contributed by atoms with van der Waals surface area (Å²) in [6.45, 7) is 19.0. The summed E-state index contributed by atoms with van der Waals surface area (Å²) in [5.74, 6) is 2.06. The van der Waals surface area contributed by atoms with Crippen LogP contribution in [0.5, 0.6) is 0 Å². The van der Waals surface area contributed by atoms with Gasteiger partial charge in [-0.05, 0) is 12.3 Å². The molecule has 156 valence electrons. The van der Waals surface area contributed by atoms with Gasteiger partial charge < -0.3 is 19.7 Å². The summed E-state index contributed by atoms with van der Waals surface area (Å²) in [4.78, 5) is 9.25. The second-order valence-electron chi connectivity index (χ2n) is 7.44. The van der Waals surface area contributed by atoms with Crippen LogP contribution in [-0.2, 0) is 9.47 Å². The van der Waals surface area contributed by atoms with E-state index < -0.39 is 0 Å². The average Bonchev–Trinajstić information content (AvgIpc) is 3.11. The van der Waals surface area contributed by atoms with Gasteiger partial charge in [-0.1, -0.05) is 26.0 Å². The fraction of sp³-hybridized carbons (Fsp3) is 0.762. The van der Waals surface area contributed by atoms with Crippen molar-refractivity contribution < 1.29 is 9.47 Å². The molecular formula is C21H40N4O2. The van der Waals surface area contributed by atoms with Gasteiger partial charge in [0.2, 0.25) is 0 Å². The summed E-state index contributed by atoms with van der Waals surface area (Å²) in [5, 5.41) is 3.59. The fourth-order valence-electron chi connectivity index (χ4n) is 3.54. The van der Waals surface area contributed by atoms with Gasteiger partial charge in [0.25, 0.3) is 0 Å². The largest absolute Gasteiger partial charge is 0.382 e. The highest BCUT2D eigenvalue weighted by Gasteiger charge is 2.26. The lowest BCUT2D eigenvalue weighted by Crippen LogP contribution is -2.50. The van der Waals surface area contributed by atoms with Crippen LogP contribution >= 0.6 is 0 Å². The first-order chi connectivity index (χ1) is 13.1. The zero-order valence-corrected chi connectivity index (χ0v) is 17.8. The molecule has 6 nitrogen and oxygen atoms in total. The summed E-state index contributed by atoms with van der Waals surface area (Å²) in [5.41, 5.74) is 0. The quantitative estimate of drug-likeness (QED) is 0.230. The maximum absolute atomic E-state index is 5.70. The van der Waals surface area contributed by atoms with E-state index >= 15 is 0 Å². The van der Waals surface area contributed by atoms with Crippen LogP contribution in [0.15, 0.2) is 30.3 Å². The zero-order valence-electron chi connectivity index (χ0n) is 17.8. The molecule has 2 unspecified atom stereocenters. The Kier molecular flexibility index (Phi) is 12.1. The lowest BCUT2D eigenvalue weighted by atomic mass is 10.0. The average molecular weight is 381 g/mol. The molecule has 0 amide bonds. The third-order valence-corrected chi connectivity index (χ3v) is 5.02. The summed E-state index contributed by atoms with van der Waals surface area (Å²) in [7, 11) is 3.56. The molecule has 0 radical (unpaired) electrons. The zero-order chi connectivity index (χ0) is 20.1. The smallest absolute Gasteiger partial charge is 0.193 e. The Labute approximate surface area is 166 Å². The van der Waals surface area contributed by atoms with Crippen LogP contribution < -0.4 is 5.32 Å². The van der Waals surface area contributed by atoms with E-state index in [1.165, 1.54) is 0 Å². The Hall–Kier alpha value is -1.37. The highest BCUT2D eigenvalue weighted by molar-refractivity contribution is 5.80. The van der Waals surface area contributed by atoms with Crippen molar-refractivity contribution in [1.29, 1.82) is 0 Å². The van der Waals surface area contributed by atoms with E-state index in [4.69, 9.17) is 9.47 Å². The van der Waals surface area contributed by atoms with Crippen molar-refractivity contribution in [3.05, 3.63) is 25.3 Å². The molecule has 2 atom stereocenters. The van der Waals surface area contributed by atoms with Crippen molar-refractivity contribution >= 4 is 5.96 Å². The molecule has 1 heterocycles. The monoisotopic (exact) mass is 380 g/mol. The van der Waals surface area contributed by atoms with Crippen LogP contribution in [0.4, 0.5) is 0 Å². The number of guanidine groups is 1. The SMILES string of the molecule is C=CCN(CC=C)C(CNC(=NC)N1CCC(COCCOC)C1)C(C)C. The maximum Gasteiger partial charge on any atom is 0.193 e. The van der Waals surface area contributed by atoms with Gasteiger partial charge in [0, 0.05) is 58.8 Å². The molecule has 0 aromatic carbocycles. The number of nitrogens with zero attached hydrogens (tertiary/aromatic N) is 3. The van der Waals surface area contributed by atoms with Crippen molar-refractivity contribution in [3.63, 3.8) is 0 Å². The van der Waals surface area contributed by atoms with Gasteiger partial charge in [-0.15, -0.1) is 13.2 Å². The number of methoxy groups -OCH3 is 1.